The average Bonchev–Trinajstić information content (AvgIpc) is 3.20. The molecule has 0 heterocycles. The van der Waals surface area contributed by atoms with Crippen molar-refractivity contribution in [3.05, 3.63) is 28.8 Å². The van der Waals surface area contributed by atoms with E-state index in [1.165, 1.54) is 12.8 Å². The van der Waals surface area contributed by atoms with Gasteiger partial charge in [-0.3, -0.25) is 0 Å². The first-order chi connectivity index (χ1) is 9.77. The summed E-state index contributed by atoms with van der Waals surface area (Å²) in [6, 6.07) is 5.72. The molecule has 2 rings (SSSR count). The van der Waals surface area contributed by atoms with Crippen LogP contribution < -0.4 is 9.46 Å². The number of halogens is 1. The summed E-state index contributed by atoms with van der Waals surface area (Å²) < 4.78 is 20.8. The molecule has 1 N–H and O–H groups in total. The molecule has 118 valence electrons. The summed E-state index contributed by atoms with van der Waals surface area (Å²) >= 11 is 5.07. The van der Waals surface area contributed by atoms with Crippen LogP contribution in [0, 0.1) is 5.92 Å². The van der Waals surface area contributed by atoms with E-state index in [0.29, 0.717) is 10.9 Å². The normalized spacial score (nSPS) is 18.4. The van der Waals surface area contributed by atoms with Crippen LogP contribution in [-0.2, 0) is 11.4 Å². The van der Waals surface area contributed by atoms with Crippen molar-refractivity contribution in [2.45, 2.75) is 51.3 Å². The molecule has 0 amide bonds. The summed E-state index contributed by atoms with van der Waals surface area (Å²) in [5, 5.41) is 0.628. The second-order valence-electron chi connectivity index (χ2n) is 6.66. The lowest BCUT2D eigenvalue weighted by molar-refractivity contribution is 0.299. The molecule has 2 atom stereocenters. The first kappa shape index (κ1) is 16.9. The van der Waals surface area contributed by atoms with Crippen LogP contribution in [0.3, 0.4) is 0 Å². The van der Waals surface area contributed by atoms with Gasteiger partial charge < -0.3 is 9.29 Å². The molecule has 1 fully saturated rings. The van der Waals surface area contributed by atoms with E-state index in [2.05, 4.69) is 4.72 Å². The Morgan fingerprint density at radius 2 is 2.10 bits per heavy atom. The summed E-state index contributed by atoms with van der Waals surface area (Å²) in [6.07, 6.45) is 2.50. The zero-order valence-corrected chi connectivity index (χ0v) is 14.7. The van der Waals surface area contributed by atoms with E-state index < -0.39 is 11.4 Å². The van der Waals surface area contributed by atoms with Crippen molar-refractivity contribution in [3.8, 4) is 5.75 Å². The Kier molecular flexibility index (Phi) is 5.47. The Bertz CT molecular complexity index is 486. The maximum atomic E-state index is 12.2. The lowest BCUT2D eigenvalue weighted by Crippen LogP contribution is -2.40. The molecule has 2 unspecified atom stereocenters. The summed E-state index contributed by atoms with van der Waals surface area (Å²) in [5.74, 6) is 1.41. The van der Waals surface area contributed by atoms with Crippen LogP contribution in [0.15, 0.2) is 18.2 Å². The Hall–Kier alpha value is -0.420. The molecule has 0 aliphatic heterocycles. The van der Waals surface area contributed by atoms with Crippen LogP contribution >= 0.6 is 11.6 Å². The van der Waals surface area contributed by atoms with Gasteiger partial charge in [0, 0.05) is 11.4 Å². The van der Waals surface area contributed by atoms with Gasteiger partial charge in [-0.25, -0.2) is 0 Å². The Morgan fingerprint density at radius 3 is 2.67 bits per heavy atom. The smallest absolute Gasteiger partial charge is 0.138 e. The number of nitrogens with one attached hydrogen (secondary N) is 1. The monoisotopic (exact) mass is 329 g/mol. The van der Waals surface area contributed by atoms with Crippen molar-refractivity contribution in [2.24, 2.45) is 5.92 Å². The number of hydrogen-bond donors (Lipinski definition) is 1. The standard InChI is InChI=1S/C16H24ClNO2S/c1-11(18-21(19)16(2,3)4)13-7-8-14(17)15(9-13)20-10-12-5-6-12/h7-9,11-12,18H,5-6,10H2,1-4H3. The van der Waals surface area contributed by atoms with Gasteiger partial charge in [-0.2, -0.15) is 0 Å². The Balaban J connectivity index is 2.02. The molecular weight excluding hydrogens is 306 g/mol. The topological polar surface area (TPSA) is 44.3 Å². The molecule has 3 nitrogen and oxygen atoms in total. The van der Waals surface area contributed by atoms with Crippen LogP contribution in [0.2, 0.25) is 5.02 Å². The van der Waals surface area contributed by atoms with E-state index in [1.54, 1.807) is 0 Å². The second kappa shape index (κ2) is 6.78. The minimum Gasteiger partial charge on any atom is -0.598 e. The highest BCUT2D eigenvalue weighted by Gasteiger charge is 2.28. The van der Waals surface area contributed by atoms with Crippen LogP contribution in [0.5, 0.6) is 5.75 Å². The van der Waals surface area contributed by atoms with Crippen LogP contribution in [0.25, 0.3) is 0 Å². The Labute approximate surface area is 135 Å². The SMILES string of the molecule is CC(N[S+]([O-])C(C)(C)C)c1ccc(Cl)c(OCC2CC2)c1. The molecular formula is C16H24ClNO2S. The first-order valence-electron chi connectivity index (χ1n) is 7.37. The fourth-order valence-corrected chi connectivity index (χ4v) is 2.78. The summed E-state index contributed by atoms with van der Waals surface area (Å²) in [5.41, 5.74) is 1.03. The number of rotatable bonds is 6. The molecule has 0 saturated heterocycles. The fourth-order valence-electron chi connectivity index (χ4n) is 1.80. The average molecular weight is 330 g/mol. The van der Waals surface area contributed by atoms with Gasteiger partial charge in [-0.1, -0.05) is 17.7 Å². The van der Waals surface area contributed by atoms with Gasteiger partial charge in [0.1, 0.15) is 10.5 Å². The van der Waals surface area contributed by atoms with Gasteiger partial charge in [0.2, 0.25) is 0 Å². The number of benzene rings is 1. The number of ether oxygens (including phenoxy) is 1. The molecule has 21 heavy (non-hydrogen) atoms. The summed E-state index contributed by atoms with van der Waals surface area (Å²) in [4.78, 5) is 0. The van der Waals surface area contributed by atoms with E-state index in [9.17, 15) is 4.55 Å². The first-order valence-corrected chi connectivity index (χ1v) is 8.90. The summed E-state index contributed by atoms with van der Waals surface area (Å²) in [7, 11) is 0. The van der Waals surface area contributed by atoms with E-state index in [4.69, 9.17) is 16.3 Å². The van der Waals surface area contributed by atoms with E-state index in [0.717, 1.165) is 17.9 Å². The highest BCUT2D eigenvalue weighted by atomic mass is 35.5. The van der Waals surface area contributed by atoms with Gasteiger partial charge in [-0.05, 0) is 64.2 Å². The lowest BCUT2D eigenvalue weighted by Gasteiger charge is -2.26. The molecule has 0 radical (unpaired) electrons. The number of hydrogen-bond acceptors (Lipinski definition) is 3. The van der Waals surface area contributed by atoms with E-state index in [-0.39, 0.29) is 10.8 Å². The maximum Gasteiger partial charge on any atom is 0.138 e. The van der Waals surface area contributed by atoms with Crippen molar-refractivity contribution < 1.29 is 9.29 Å². The van der Waals surface area contributed by atoms with Crippen molar-refractivity contribution >= 4 is 23.0 Å². The molecule has 1 aromatic carbocycles. The summed E-state index contributed by atoms with van der Waals surface area (Å²) in [6.45, 7) is 8.59. The van der Waals surface area contributed by atoms with E-state index in [1.807, 2.05) is 45.9 Å². The Morgan fingerprint density at radius 1 is 1.43 bits per heavy atom. The third-order valence-electron chi connectivity index (χ3n) is 3.47. The molecule has 1 aliphatic rings. The van der Waals surface area contributed by atoms with Crippen molar-refractivity contribution in [3.63, 3.8) is 0 Å². The lowest BCUT2D eigenvalue weighted by atomic mass is 10.1. The molecule has 1 aliphatic carbocycles. The van der Waals surface area contributed by atoms with Gasteiger partial charge in [0.25, 0.3) is 0 Å². The van der Waals surface area contributed by atoms with Gasteiger partial charge in [-0.15, -0.1) is 4.72 Å². The molecule has 0 bridgehead atoms. The highest BCUT2D eigenvalue weighted by Crippen LogP contribution is 2.33. The third kappa shape index (κ3) is 5.06. The van der Waals surface area contributed by atoms with Crippen molar-refractivity contribution in [1.29, 1.82) is 0 Å². The predicted octanol–water partition coefficient (Wildman–Crippen LogP) is 4.24. The third-order valence-corrected chi connectivity index (χ3v) is 5.46. The zero-order valence-electron chi connectivity index (χ0n) is 13.1. The van der Waals surface area contributed by atoms with Crippen LogP contribution in [0.4, 0.5) is 0 Å². The van der Waals surface area contributed by atoms with Crippen LogP contribution in [-0.4, -0.2) is 15.9 Å². The van der Waals surface area contributed by atoms with Crippen molar-refractivity contribution in [1.82, 2.24) is 4.72 Å². The van der Waals surface area contributed by atoms with Crippen molar-refractivity contribution in [2.75, 3.05) is 6.61 Å². The highest BCUT2D eigenvalue weighted by molar-refractivity contribution is 7.90. The molecule has 1 aromatic rings. The molecule has 0 aromatic heterocycles. The van der Waals surface area contributed by atoms with Gasteiger partial charge >= 0.3 is 0 Å². The maximum absolute atomic E-state index is 12.2. The molecule has 0 spiro atoms. The van der Waals surface area contributed by atoms with Crippen LogP contribution in [0.1, 0.15) is 52.1 Å². The second-order valence-corrected chi connectivity index (χ2v) is 9.07. The van der Waals surface area contributed by atoms with E-state index >= 15 is 0 Å². The molecule has 5 heteroatoms. The fraction of sp³-hybridized carbons (Fsp3) is 0.625. The van der Waals surface area contributed by atoms with Gasteiger partial charge in [0.15, 0.2) is 0 Å². The minimum absolute atomic E-state index is 0.0226. The quantitative estimate of drug-likeness (QED) is 0.794. The van der Waals surface area contributed by atoms with Gasteiger partial charge in [0.05, 0.1) is 17.7 Å². The predicted molar refractivity (Wildman–Crippen MR) is 89.1 cm³/mol. The minimum atomic E-state index is -1.10. The zero-order chi connectivity index (χ0) is 15.6. The largest absolute Gasteiger partial charge is 0.598 e. The molecule has 1 saturated carbocycles.